The molecule has 0 spiro atoms. The summed E-state index contributed by atoms with van der Waals surface area (Å²) in [5.74, 6) is -0.936. The topological polar surface area (TPSA) is 61.8 Å². The molecule has 0 aromatic carbocycles. The summed E-state index contributed by atoms with van der Waals surface area (Å²) in [5.41, 5.74) is 0. The molecule has 0 saturated heterocycles. The predicted molar refractivity (Wildman–Crippen MR) is 61.2 cm³/mol. The maximum absolute atomic E-state index is 11.3. The van der Waals surface area contributed by atoms with Gasteiger partial charge >= 0.3 is 11.9 Å². The molecule has 0 aromatic rings. The highest BCUT2D eigenvalue weighted by atomic mass is 28.4. The van der Waals surface area contributed by atoms with Gasteiger partial charge in [0.1, 0.15) is 12.8 Å². The predicted octanol–water partition coefficient (Wildman–Crippen LogP) is 1.04. The van der Waals surface area contributed by atoms with Crippen LogP contribution in [0.1, 0.15) is 6.92 Å². The molecular weight excluding hydrogens is 228 g/mol. The fourth-order valence-electron chi connectivity index (χ4n) is 0.856. The van der Waals surface area contributed by atoms with Crippen LogP contribution < -0.4 is 0 Å². The highest BCUT2D eigenvalue weighted by Gasteiger charge is 2.28. The number of carbonyl (C=O) groups is 2. The maximum Gasteiger partial charge on any atom is 0.329 e. The van der Waals surface area contributed by atoms with Crippen molar-refractivity contribution in [1.29, 1.82) is 0 Å². The quantitative estimate of drug-likeness (QED) is 0.381. The van der Waals surface area contributed by atoms with Crippen molar-refractivity contribution in [3.63, 3.8) is 0 Å². The van der Waals surface area contributed by atoms with Gasteiger partial charge in [0.15, 0.2) is 0 Å². The Morgan fingerprint density at radius 2 is 2.00 bits per heavy atom. The van der Waals surface area contributed by atoms with Crippen LogP contribution in [0.5, 0.6) is 0 Å². The fraction of sp³-hybridized carbons (Fsp3) is 0.600. The first-order valence-corrected chi connectivity index (χ1v) is 8.11. The van der Waals surface area contributed by atoms with Crippen LogP contribution in [0.3, 0.4) is 0 Å². The first-order valence-electron chi connectivity index (χ1n) is 5.00. The van der Waals surface area contributed by atoms with E-state index in [-0.39, 0.29) is 12.8 Å². The minimum atomic E-state index is -2.32. The zero-order valence-electron chi connectivity index (χ0n) is 9.95. The molecule has 6 heteroatoms. The van der Waals surface area contributed by atoms with E-state index < -0.39 is 20.3 Å². The Kier molecular flexibility index (Phi) is 6.67. The molecule has 0 fully saturated rings. The average molecular weight is 246 g/mol. The Hall–Kier alpha value is -1.14. The molecule has 0 N–H and O–H groups in total. The van der Waals surface area contributed by atoms with Gasteiger partial charge in [0.2, 0.25) is 0 Å². The molecule has 0 aliphatic carbocycles. The van der Waals surface area contributed by atoms with Crippen molar-refractivity contribution in [3.05, 3.63) is 12.7 Å². The Bertz CT molecular complexity index is 262. The minimum absolute atomic E-state index is 0.0671. The lowest BCUT2D eigenvalue weighted by atomic mass is 10.7. The third kappa shape index (κ3) is 7.19. The second-order valence-corrected chi connectivity index (χ2v) is 7.69. The number of rotatable bonds is 7. The monoisotopic (exact) mass is 246 g/mol. The Morgan fingerprint density at radius 3 is 2.50 bits per heavy atom. The van der Waals surface area contributed by atoms with Crippen LogP contribution in [0.15, 0.2) is 12.7 Å². The van der Waals surface area contributed by atoms with Gasteiger partial charge in [-0.05, 0) is 20.0 Å². The Labute approximate surface area is 96.5 Å². The molecule has 0 unspecified atom stereocenters. The highest BCUT2D eigenvalue weighted by molar-refractivity contribution is 6.72. The van der Waals surface area contributed by atoms with Crippen molar-refractivity contribution in [2.45, 2.75) is 20.0 Å². The van der Waals surface area contributed by atoms with Crippen molar-refractivity contribution >= 4 is 20.3 Å². The average Bonchev–Trinajstić information content (AvgIpc) is 2.22. The van der Waals surface area contributed by atoms with E-state index in [0.29, 0.717) is 6.61 Å². The molecule has 92 valence electrons. The van der Waals surface area contributed by atoms with E-state index in [2.05, 4.69) is 6.58 Å². The summed E-state index contributed by atoms with van der Waals surface area (Å²) in [6.45, 7) is 9.03. The molecule has 0 rings (SSSR count). The number of hydrogen-bond acceptors (Lipinski definition) is 5. The zero-order chi connectivity index (χ0) is 12.6. The molecule has 0 heterocycles. The summed E-state index contributed by atoms with van der Waals surface area (Å²) in [5, 5.41) is 0. The molecule has 16 heavy (non-hydrogen) atoms. The molecule has 5 nitrogen and oxygen atoms in total. The molecule has 0 radical (unpaired) electrons. The third-order valence-corrected chi connectivity index (χ3v) is 3.16. The lowest BCUT2D eigenvalue weighted by molar-refractivity contribution is -0.142. The first kappa shape index (κ1) is 14.9. The number of ether oxygens (including phenoxy) is 2. The fourth-order valence-corrected chi connectivity index (χ4v) is 2.08. The van der Waals surface area contributed by atoms with E-state index in [1.807, 2.05) is 0 Å². The SMILES string of the molecule is C=CC(=O)OC[Si](C)(C)OC(=O)COCC. The van der Waals surface area contributed by atoms with E-state index >= 15 is 0 Å². The van der Waals surface area contributed by atoms with Gasteiger partial charge in [0.05, 0.1) is 0 Å². The van der Waals surface area contributed by atoms with Crippen molar-refractivity contribution in [3.8, 4) is 0 Å². The van der Waals surface area contributed by atoms with Crippen LogP contribution in [0.2, 0.25) is 13.1 Å². The third-order valence-electron chi connectivity index (χ3n) is 1.54. The van der Waals surface area contributed by atoms with Crippen LogP contribution in [-0.4, -0.2) is 39.7 Å². The zero-order valence-corrected chi connectivity index (χ0v) is 10.9. The van der Waals surface area contributed by atoms with Crippen LogP contribution in [0.4, 0.5) is 0 Å². The lowest BCUT2D eigenvalue weighted by Gasteiger charge is -2.21. The van der Waals surface area contributed by atoms with Crippen LogP contribution in [0, 0.1) is 0 Å². The van der Waals surface area contributed by atoms with E-state index in [4.69, 9.17) is 13.9 Å². The molecule has 0 aliphatic rings. The molecule has 0 amide bonds. The Morgan fingerprint density at radius 1 is 1.38 bits per heavy atom. The van der Waals surface area contributed by atoms with Gasteiger partial charge < -0.3 is 13.9 Å². The van der Waals surface area contributed by atoms with Gasteiger partial charge in [-0.1, -0.05) is 6.58 Å². The summed E-state index contributed by atoms with van der Waals surface area (Å²) < 4.78 is 15.0. The van der Waals surface area contributed by atoms with Crippen molar-refractivity contribution < 1.29 is 23.5 Å². The second-order valence-electron chi connectivity index (χ2n) is 3.68. The second kappa shape index (κ2) is 7.18. The smallest absolute Gasteiger partial charge is 0.329 e. The van der Waals surface area contributed by atoms with Crippen molar-refractivity contribution in [1.82, 2.24) is 0 Å². The lowest BCUT2D eigenvalue weighted by Crippen LogP contribution is -2.40. The summed E-state index contributed by atoms with van der Waals surface area (Å²) in [7, 11) is -2.32. The number of hydrogen-bond donors (Lipinski definition) is 0. The van der Waals surface area contributed by atoms with E-state index in [9.17, 15) is 9.59 Å². The molecule has 0 bridgehead atoms. The van der Waals surface area contributed by atoms with Gasteiger partial charge in [0, 0.05) is 12.7 Å². The summed E-state index contributed by atoms with van der Waals surface area (Å²) in [6.07, 6.45) is 1.20. The largest absolute Gasteiger partial charge is 0.514 e. The number of esters is 1. The normalized spacial score (nSPS) is 10.7. The molecule has 0 atom stereocenters. The summed E-state index contributed by atoms with van der Waals surface area (Å²) >= 11 is 0. The molecular formula is C10H18O5Si. The van der Waals surface area contributed by atoms with Gasteiger partial charge in [-0.2, -0.15) is 0 Å². The standard InChI is InChI=1S/C10H18O5Si/c1-5-9(11)14-8-16(3,4)15-10(12)7-13-6-2/h5H,1,6-8H2,2-4H3. The summed E-state index contributed by atoms with van der Waals surface area (Å²) in [6, 6.07) is 0. The van der Waals surface area contributed by atoms with Crippen LogP contribution in [-0.2, 0) is 23.5 Å². The highest BCUT2D eigenvalue weighted by Crippen LogP contribution is 2.06. The van der Waals surface area contributed by atoms with Gasteiger partial charge in [0.25, 0.3) is 8.32 Å². The molecule has 0 aromatic heterocycles. The van der Waals surface area contributed by atoms with E-state index in [1.165, 1.54) is 0 Å². The first-order chi connectivity index (χ1) is 7.41. The van der Waals surface area contributed by atoms with Crippen molar-refractivity contribution in [2.75, 3.05) is 19.4 Å². The van der Waals surface area contributed by atoms with Crippen LogP contribution in [0.25, 0.3) is 0 Å². The van der Waals surface area contributed by atoms with Crippen molar-refractivity contribution in [2.24, 2.45) is 0 Å². The van der Waals surface area contributed by atoms with Crippen LogP contribution >= 0.6 is 0 Å². The van der Waals surface area contributed by atoms with Gasteiger partial charge in [-0.3, -0.25) is 4.79 Å². The maximum atomic E-state index is 11.3. The van der Waals surface area contributed by atoms with Gasteiger partial charge in [-0.25, -0.2) is 4.79 Å². The van der Waals surface area contributed by atoms with E-state index in [0.717, 1.165) is 6.08 Å². The van der Waals surface area contributed by atoms with E-state index in [1.54, 1.807) is 20.0 Å². The molecule has 0 saturated carbocycles. The summed E-state index contributed by atoms with van der Waals surface area (Å²) in [4.78, 5) is 22.1. The molecule has 0 aliphatic heterocycles. The minimum Gasteiger partial charge on any atom is -0.514 e. The van der Waals surface area contributed by atoms with Gasteiger partial charge in [-0.15, -0.1) is 0 Å². The number of carbonyl (C=O) groups excluding carboxylic acids is 2. The Balaban J connectivity index is 3.98.